The molecular formula is C17H25N3O4. The first-order chi connectivity index (χ1) is 11.5. The van der Waals surface area contributed by atoms with Gasteiger partial charge in [0.25, 0.3) is 0 Å². The predicted octanol–water partition coefficient (Wildman–Crippen LogP) is 0.517. The van der Waals surface area contributed by atoms with Crippen LogP contribution in [-0.2, 0) is 16.1 Å². The maximum absolute atomic E-state index is 12.1. The molecule has 2 amide bonds. The van der Waals surface area contributed by atoms with Gasteiger partial charge in [0.15, 0.2) is 11.5 Å². The second-order valence-electron chi connectivity index (χ2n) is 5.94. The van der Waals surface area contributed by atoms with Gasteiger partial charge in [-0.1, -0.05) is 6.07 Å². The van der Waals surface area contributed by atoms with E-state index in [2.05, 4.69) is 5.32 Å². The fraction of sp³-hybridized carbons (Fsp3) is 0.529. The second kappa shape index (κ2) is 8.54. The number of piperidine rings is 1. The third-order valence-corrected chi connectivity index (χ3v) is 4.21. The quantitative estimate of drug-likeness (QED) is 0.757. The number of primary amides is 1. The third kappa shape index (κ3) is 4.86. The first-order valence-electron chi connectivity index (χ1n) is 8.02. The lowest BCUT2D eigenvalue weighted by molar-refractivity contribution is -0.126. The molecule has 0 unspecified atom stereocenters. The van der Waals surface area contributed by atoms with Crippen LogP contribution in [0.3, 0.4) is 0 Å². The topological polar surface area (TPSA) is 93.9 Å². The van der Waals surface area contributed by atoms with Crippen molar-refractivity contribution in [1.82, 2.24) is 10.2 Å². The Morgan fingerprint density at radius 1 is 1.29 bits per heavy atom. The summed E-state index contributed by atoms with van der Waals surface area (Å²) in [6.07, 6.45) is 1.69. The van der Waals surface area contributed by atoms with Crippen molar-refractivity contribution < 1.29 is 19.1 Å². The Bertz CT molecular complexity index is 591. The molecule has 1 aliphatic rings. The number of nitrogens with zero attached hydrogens (tertiary/aromatic N) is 1. The minimum absolute atomic E-state index is 0.0742. The number of carbonyl (C=O) groups is 2. The molecule has 0 radical (unpaired) electrons. The molecule has 0 spiro atoms. The monoisotopic (exact) mass is 335 g/mol. The number of likely N-dealkylation sites (tertiary alicyclic amines) is 1. The Labute approximate surface area is 142 Å². The average Bonchev–Trinajstić information content (AvgIpc) is 2.59. The number of hydrogen-bond donors (Lipinski definition) is 2. The van der Waals surface area contributed by atoms with E-state index in [0.29, 0.717) is 24.6 Å². The number of rotatable bonds is 7. The van der Waals surface area contributed by atoms with E-state index in [9.17, 15) is 9.59 Å². The summed E-state index contributed by atoms with van der Waals surface area (Å²) < 4.78 is 10.4. The molecule has 0 aromatic heterocycles. The Morgan fingerprint density at radius 2 is 2.04 bits per heavy atom. The van der Waals surface area contributed by atoms with Crippen LogP contribution in [0.5, 0.6) is 11.5 Å². The fourth-order valence-electron chi connectivity index (χ4n) is 2.88. The molecule has 1 heterocycles. The van der Waals surface area contributed by atoms with E-state index < -0.39 is 0 Å². The highest BCUT2D eigenvalue weighted by atomic mass is 16.5. The zero-order valence-electron chi connectivity index (χ0n) is 14.2. The number of nitrogens with two attached hydrogens (primary N) is 1. The zero-order valence-corrected chi connectivity index (χ0v) is 14.2. The zero-order chi connectivity index (χ0) is 17.5. The van der Waals surface area contributed by atoms with Crippen molar-refractivity contribution >= 4 is 11.8 Å². The minimum Gasteiger partial charge on any atom is -0.493 e. The molecule has 7 heteroatoms. The Kier molecular flexibility index (Phi) is 6.43. The van der Waals surface area contributed by atoms with Gasteiger partial charge in [-0.05, 0) is 37.1 Å². The van der Waals surface area contributed by atoms with Gasteiger partial charge >= 0.3 is 0 Å². The number of carbonyl (C=O) groups excluding carboxylic acids is 2. The Hall–Kier alpha value is -2.28. The molecule has 1 aromatic carbocycles. The fourth-order valence-corrected chi connectivity index (χ4v) is 2.88. The lowest BCUT2D eigenvalue weighted by Crippen LogP contribution is -2.45. The molecule has 132 valence electrons. The molecular weight excluding hydrogens is 310 g/mol. The van der Waals surface area contributed by atoms with Crippen molar-refractivity contribution in [3.05, 3.63) is 23.8 Å². The third-order valence-electron chi connectivity index (χ3n) is 4.21. The number of benzene rings is 1. The summed E-state index contributed by atoms with van der Waals surface area (Å²) in [7, 11) is 3.16. The van der Waals surface area contributed by atoms with Crippen LogP contribution in [0.1, 0.15) is 18.4 Å². The molecule has 7 nitrogen and oxygen atoms in total. The first kappa shape index (κ1) is 18.1. The maximum Gasteiger partial charge on any atom is 0.234 e. The van der Waals surface area contributed by atoms with Crippen LogP contribution >= 0.6 is 0 Å². The van der Waals surface area contributed by atoms with E-state index in [1.807, 2.05) is 23.1 Å². The summed E-state index contributed by atoms with van der Waals surface area (Å²) in [6, 6.07) is 5.52. The normalized spacial score (nSPS) is 18.0. The molecule has 1 aromatic rings. The van der Waals surface area contributed by atoms with Crippen molar-refractivity contribution in [2.24, 2.45) is 11.7 Å². The first-order valence-corrected chi connectivity index (χ1v) is 8.02. The van der Waals surface area contributed by atoms with Gasteiger partial charge in [0.05, 0.1) is 26.7 Å². The molecule has 1 aliphatic heterocycles. The number of amides is 2. The highest BCUT2D eigenvalue weighted by molar-refractivity contribution is 5.79. The Morgan fingerprint density at radius 3 is 2.71 bits per heavy atom. The predicted molar refractivity (Wildman–Crippen MR) is 89.8 cm³/mol. The van der Waals surface area contributed by atoms with Gasteiger partial charge in [0.2, 0.25) is 11.8 Å². The molecule has 0 bridgehead atoms. The summed E-state index contributed by atoms with van der Waals surface area (Å²) in [5, 5.41) is 2.89. The minimum atomic E-state index is -0.287. The molecule has 1 saturated heterocycles. The summed E-state index contributed by atoms with van der Waals surface area (Å²) in [5.41, 5.74) is 6.28. The van der Waals surface area contributed by atoms with Crippen molar-refractivity contribution in [3.63, 3.8) is 0 Å². The molecule has 1 fully saturated rings. The largest absolute Gasteiger partial charge is 0.493 e. The van der Waals surface area contributed by atoms with Crippen LogP contribution in [0.25, 0.3) is 0 Å². The molecule has 24 heavy (non-hydrogen) atoms. The number of nitrogens with one attached hydrogen (secondary N) is 1. The van der Waals surface area contributed by atoms with E-state index >= 15 is 0 Å². The lowest BCUT2D eigenvalue weighted by atomic mass is 9.97. The van der Waals surface area contributed by atoms with Gasteiger partial charge in [-0.2, -0.15) is 0 Å². The van der Waals surface area contributed by atoms with E-state index in [1.165, 1.54) is 0 Å². The number of ether oxygens (including phenoxy) is 2. The molecule has 3 N–H and O–H groups in total. The summed E-state index contributed by atoms with van der Waals surface area (Å²) >= 11 is 0. The summed E-state index contributed by atoms with van der Waals surface area (Å²) in [4.78, 5) is 25.4. The van der Waals surface area contributed by atoms with Gasteiger partial charge in [-0.25, -0.2) is 0 Å². The average molecular weight is 335 g/mol. The van der Waals surface area contributed by atoms with Gasteiger partial charge in [-0.15, -0.1) is 0 Å². The number of hydrogen-bond acceptors (Lipinski definition) is 5. The van der Waals surface area contributed by atoms with Crippen molar-refractivity contribution in [1.29, 1.82) is 0 Å². The van der Waals surface area contributed by atoms with Crippen molar-refractivity contribution in [2.75, 3.05) is 33.9 Å². The standard InChI is InChI=1S/C17H25N3O4/c1-23-14-6-5-12(8-15(14)24-2)9-19-16(21)11-20-7-3-4-13(10-20)17(18)22/h5-6,8,13H,3-4,7,9-11H2,1-2H3,(H2,18,22)(H,19,21)/t13-/m1/s1. The SMILES string of the molecule is COc1ccc(CNC(=O)CN2CCC[C@@H](C(N)=O)C2)cc1OC. The summed E-state index contributed by atoms with van der Waals surface area (Å²) in [5.74, 6) is 0.765. The van der Waals surface area contributed by atoms with Crippen LogP contribution in [-0.4, -0.2) is 50.6 Å². The van der Waals surface area contributed by atoms with Gasteiger partial charge < -0.3 is 20.5 Å². The summed E-state index contributed by atoms with van der Waals surface area (Å²) in [6.45, 7) is 2.05. The van der Waals surface area contributed by atoms with Crippen LogP contribution in [0, 0.1) is 5.92 Å². The van der Waals surface area contributed by atoms with Crippen molar-refractivity contribution in [3.8, 4) is 11.5 Å². The van der Waals surface area contributed by atoms with E-state index in [0.717, 1.165) is 24.9 Å². The molecule has 0 aliphatic carbocycles. The van der Waals surface area contributed by atoms with E-state index in [1.54, 1.807) is 14.2 Å². The second-order valence-corrected chi connectivity index (χ2v) is 5.94. The maximum atomic E-state index is 12.1. The molecule has 0 saturated carbocycles. The van der Waals surface area contributed by atoms with Crippen LogP contribution in [0.15, 0.2) is 18.2 Å². The van der Waals surface area contributed by atoms with Gasteiger partial charge in [-0.3, -0.25) is 14.5 Å². The van der Waals surface area contributed by atoms with Gasteiger partial charge in [0.1, 0.15) is 0 Å². The number of methoxy groups -OCH3 is 2. The van der Waals surface area contributed by atoms with Crippen molar-refractivity contribution in [2.45, 2.75) is 19.4 Å². The molecule has 2 rings (SSSR count). The van der Waals surface area contributed by atoms with E-state index in [4.69, 9.17) is 15.2 Å². The smallest absolute Gasteiger partial charge is 0.234 e. The van der Waals surface area contributed by atoms with Crippen LogP contribution < -0.4 is 20.5 Å². The highest BCUT2D eigenvalue weighted by Gasteiger charge is 2.24. The lowest BCUT2D eigenvalue weighted by Gasteiger charge is -2.30. The van der Waals surface area contributed by atoms with Crippen LogP contribution in [0.2, 0.25) is 0 Å². The van der Waals surface area contributed by atoms with E-state index in [-0.39, 0.29) is 24.3 Å². The Balaban J connectivity index is 1.84. The molecule has 1 atom stereocenters. The van der Waals surface area contributed by atoms with Crippen LogP contribution in [0.4, 0.5) is 0 Å². The highest BCUT2D eigenvalue weighted by Crippen LogP contribution is 2.27. The van der Waals surface area contributed by atoms with Gasteiger partial charge in [0, 0.05) is 13.1 Å².